The summed E-state index contributed by atoms with van der Waals surface area (Å²) in [5.41, 5.74) is 0. The zero-order valence-corrected chi connectivity index (χ0v) is 4.71. The SMILES string of the molecule is [C]#CC.[C]#CCC. The maximum atomic E-state index is 6.20. The molecular formula is C7H8. The van der Waals surface area contributed by atoms with E-state index in [4.69, 9.17) is 12.8 Å². The first kappa shape index (κ1) is 9.45. The zero-order chi connectivity index (χ0) is 6.12. The Kier molecular flexibility index (Phi) is 26.1. The molecule has 0 aromatic rings. The van der Waals surface area contributed by atoms with Crippen LogP contribution >= 0.6 is 0 Å². The topological polar surface area (TPSA) is 0 Å². The molecule has 2 radical (unpaired) electrons. The summed E-state index contributed by atoms with van der Waals surface area (Å²) in [6, 6.07) is 0. The van der Waals surface area contributed by atoms with Crippen LogP contribution in [0, 0.1) is 24.7 Å². The van der Waals surface area contributed by atoms with Gasteiger partial charge < -0.3 is 0 Å². The smallest absolute Gasteiger partial charge is 0.00704 e. The van der Waals surface area contributed by atoms with Crippen molar-refractivity contribution in [3.8, 4) is 11.8 Å². The van der Waals surface area contributed by atoms with E-state index in [9.17, 15) is 0 Å². The first-order valence-corrected chi connectivity index (χ1v) is 2.06. The molecule has 0 aliphatic carbocycles. The van der Waals surface area contributed by atoms with Crippen LogP contribution in [-0.4, -0.2) is 0 Å². The molecular weight excluding hydrogens is 84.1 g/mol. The molecule has 0 aliphatic heterocycles. The summed E-state index contributed by atoms with van der Waals surface area (Å²) in [6.07, 6.45) is 12.9. The molecule has 0 saturated carbocycles. The van der Waals surface area contributed by atoms with Crippen LogP contribution in [0.1, 0.15) is 20.3 Å². The van der Waals surface area contributed by atoms with Gasteiger partial charge in [-0.05, 0) is 19.8 Å². The Labute approximate surface area is 45.9 Å². The lowest BCUT2D eigenvalue weighted by Crippen LogP contribution is -1.38. The van der Waals surface area contributed by atoms with Gasteiger partial charge in [-0.15, -0.1) is 0 Å². The van der Waals surface area contributed by atoms with Gasteiger partial charge in [0.15, 0.2) is 0 Å². The second-order valence-corrected chi connectivity index (χ2v) is 0.780. The van der Waals surface area contributed by atoms with Crippen molar-refractivity contribution < 1.29 is 0 Å². The highest BCUT2D eigenvalue weighted by Crippen LogP contribution is 1.58. The molecule has 0 aliphatic rings. The van der Waals surface area contributed by atoms with Gasteiger partial charge in [0.25, 0.3) is 0 Å². The van der Waals surface area contributed by atoms with Crippen LogP contribution < -0.4 is 0 Å². The Morgan fingerprint density at radius 1 is 1.43 bits per heavy atom. The lowest BCUT2D eigenvalue weighted by Gasteiger charge is -1.51. The summed E-state index contributed by atoms with van der Waals surface area (Å²) >= 11 is 0. The van der Waals surface area contributed by atoms with Gasteiger partial charge in [-0.2, -0.15) is 0 Å². The molecule has 0 aromatic carbocycles. The number of rotatable bonds is 0. The van der Waals surface area contributed by atoms with Crippen LogP contribution in [0.2, 0.25) is 0 Å². The van der Waals surface area contributed by atoms with Crippen molar-refractivity contribution in [2.75, 3.05) is 0 Å². The third kappa shape index (κ3) is 3460. The Morgan fingerprint density at radius 2 is 1.57 bits per heavy atom. The second kappa shape index (κ2) is 19.3. The summed E-state index contributed by atoms with van der Waals surface area (Å²) < 4.78 is 0. The van der Waals surface area contributed by atoms with Gasteiger partial charge >= 0.3 is 0 Å². The molecule has 0 rings (SSSR count). The molecule has 0 fully saturated rings. The zero-order valence-electron chi connectivity index (χ0n) is 4.71. The fourth-order valence-corrected chi connectivity index (χ4v) is 0. The van der Waals surface area contributed by atoms with Gasteiger partial charge in [-0.25, -0.2) is 0 Å². The van der Waals surface area contributed by atoms with Crippen molar-refractivity contribution in [2.45, 2.75) is 20.3 Å². The van der Waals surface area contributed by atoms with Crippen LogP contribution in [-0.2, 0) is 0 Å². The van der Waals surface area contributed by atoms with E-state index in [1.165, 1.54) is 0 Å². The van der Waals surface area contributed by atoms with Crippen LogP contribution in [0.15, 0.2) is 0 Å². The molecule has 0 unspecified atom stereocenters. The third-order valence-corrected chi connectivity index (χ3v) is 0.177. The summed E-state index contributed by atoms with van der Waals surface area (Å²) in [5.74, 6) is 4.18. The van der Waals surface area contributed by atoms with E-state index in [0.29, 0.717) is 0 Å². The Bertz CT molecular complexity index is 77.2. The molecule has 0 spiro atoms. The van der Waals surface area contributed by atoms with Gasteiger partial charge in [0, 0.05) is 6.42 Å². The normalized spacial score (nSPS) is 4.00. The molecule has 0 saturated heterocycles. The minimum atomic E-state index is 0.736. The average Bonchev–Trinajstić information content (AvgIpc) is 1.69. The molecule has 0 aromatic heterocycles. The van der Waals surface area contributed by atoms with Crippen LogP contribution in [0.3, 0.4) is 0 Å². The number of hydrogen-bond acceptors (Lipinski definition) is 0. The van der Waals surface area contributed by atoms with Crippen molar-refractivity contribution in [2.24, 2.45) is 0 Å². The standard InChI is InChI=1S/C4H5.C3H3/c1-3-4-2;1-3-2/h3H2,1H3;1H3. The van der Waals surface area contributed by atoms with Crippen molar-refractivity contribution in [3.05, 3.63) is 12.8 Å². The summed E-state index contributed by atoms with van der Waals surface area (Å²) in [7, 11) is 0. The minimum Gasteiger partial charge on any atom is -0.0925 e. The third-order valence-electron chi connectivity index (χ3n) is 0.177. The van der Waals surface area contributed by atoms with E-state index < -0.39 is 0 Å². The predicted molar refractivity (Wildman–Crippen MR) is 30.2 cm³/mol. The molecule has 0 N–H and O–H groups in total. The fourth-order valence-electron chi connectivity index (χ4n) is 0. The second-order valence-electron chi connectivity index (χ2n) is 0.780. The summed E-state index contributed by atoms with van der Waals surface area (Å²) in [6.45, 7) is 3.42. The van der Waals surface area contributed by atoms with Crippen LogP contribution in [0.5, 0.6) is 0 Å². The minimum absolute atomic E-state index is 0.736. The lowest BCUT2D eigenvalue weighted by atomic mass is 10.5. The maximum Gasteiger partial charge on any atom is 0.00704 e. The highest BCUT2D eigenvalue weighted by molar-refractivity contribution is 4.70. The molecule has 0 heteroatoms. The van der Waals surface area contributed by atoms with Gasteiger partial charge in [-0.1, -0.05) is 18.8 Å². The van der Waals surface area contributed by atoms with Gasteiger partial charge in [0.1, 0.15) is 0 Å². The predicted octanol–water partition coefficient (Wildman–Crippen LogP) is 1.58. The van der Waals surface area contributed by atoms with Crippen LogP contribution in [0.25, 0.3) is 0 Å². The van der Waals surface area contributed by atoms with E-state index >= 15 is 0 Å². The van der Waals surface area contributed by atoms with Gasteiger partial charge in [0.05, 0.1) is 0 Å². The van der Waals surface area contributed by atoms with Gasteiger partial charge in [-0.3, -0.25) is 0 Å². The molecule has 7 heavy (non-hydrogen) atoms. The number of hydrogen-bond donors (Lipinski definition) is 0. The Hall–Kier alpha value is -0.880. The quantitative estimate of drug-likeness (QED) is 0.398. The van der Waals surface area contributed by atoms with E-state index in [2.05, 4.69) is 5.92 Å². The highest BCUT2D eigenvalue weighted by Gasteiger charge is 1.44. The molecule has 36 valence electrons. The van der Waals surface area contributed by atoms with Crippen molar-refractivity contribution in [1.29, 1.82) is 0 Å². The molecule has 0 bridgehead atoms. The monoisotopic (exact) mass is 92.1 g/mol. The maximum absolute atomic E-state index is 6.20. The van der Waals surface area contributed by atoms with E-state index in [-0.39, 0.29) is 0 Å². The Balaban J connectivity index is 0. The van der Waals surface area contributed by atoms with Crippen molar-refractivity contribution >= 4 is 0 Å². The molecule has 0 nitrogen and oxygen atoms in total. The summed E-state index contributed by atoms with van der Waals surface area (Å²) in [5, 5.41) is 0. The van der Waals surface area contributed by atoms with E-state index in [1.54, 1.807) is 6.92 Å². The lowest BCUT2D eigenvalue weighted by molar-refractivity contribution is 1.28. The van der Waals surface area contributed by atoms with E-state index in [0.717, 1.165) is 6.42 Å². The van der Waals surface area contributed by atoms with Crippen LogP contribution in [0.4, 0.5) is 0 Å². The average molecular weight is 92.1 g/mol. The van der Waals surface area contributed by atoms with Crippen molar-refractivity contribution in [3.63, 3.8) is 0 Å². The van der Waals surface area contributed by atoms with Crippen molar-refractivity contribution in [1.82, 2.24) is 0 Å². The first-order valence-electron chi connectivity index (χ1n) is 2.06. The summed E-state index contributed by atoms with van der Waals surface area (Å²) in [4.78, 5) is 0. The fraction of sp³-hybridized carbons (Fsp3) is 0.429. The van der Waals surface area contributed by atoms with E-state index in [1.807, 2.05) is 12.8 Å². The largest absolute Gasteiger partial charge is 0.0925 e. The van der Waals surface area contributed by atoms with Gasteiger partial charge in [0.2, 0.25) is 0 Å². The Morgan fingerprint density at radius 3 is 1.57 bits per heavy atom. The molecule has 0 amide bonds. The molecule has 0 heterocycles. The molecule has 0 atom stereocenters. The first-order chi connectivity index (χ1) is 3.33. The highest BCUT2D eigenvalue weighted by atomic mass is 13.5.